The molecule has 5 nitrogen and oxygen atoms in total. The van der Waals surface area contributed by atoms with Crippen LogP contribution in [0.2, 0.25) is 0 Å². The average Bonchev–Trinajstić information content (AvgIpc) is 3.48. The van der Waals surface area contributed by atoms with Gasteiger partial charge in [-0.05, 0) is 43.3 Å². The van der Waals surface area contributed by atoms with E-state index in [0.717, 1.165) is 51.8 Å². The van der Waals surface area contributed by atoms with Gasteiger partial charge in [-0.2, -0.15) is 0 Å². The molecule has 1 aliphatic heterocycles. The third kappa shape index (κ3) is 4.84. The molecular formula is C24H27N3O2S2. The summed E-state index contributed by atoms with van der Waals surface area (Å²) in [6.45, 7) is 6.21. The number of amidine groups is 1. The quantitative estimate of drug-likeness (QED) is 0.410. The van der Waals surface area contributed by atoms with Crippen molar-refractivity contribution in [3.05, 3.63) is 53.4 Å². The predicted octanol–water partition coefficient (Wildman–Crippen LogP) is 5.71. The average molecular weight is 454 g/mol. The molecule has 1 saturated heterocycles. The van der Waals surface area contributed by atoms with Gasteiger partial charge >= 0.3 is 0 Å². The summed E-state index contributed by atoms with van der Waals surface area (Å²) >= 11 is 3.31. The van der Waals surface area contributed by atoms with Crippen LogP contribution in [0.3, 0.4) is 0 Å². The highest BCUT2D eigenvalue weighted by atomic mass is 32.2. The van der Waals surface area contributed by atoms with Crippen LogP contribution in [0, 0.1) is 0 Å². The van der Waals surface area contributed by atoms with E-state index in [1.807, 2.05) is 59.7 Å². The van der Waals surface area contributed by atoms with E-state index in [1.165, 1.54) is 0 Å². The molecule has 4 rings (SSSR count). The van der Waals surface area contributed by atoms with Gasteiger partial charge in [-0.15, -0.1) is 11.3 Å². The molecule has 1 amide bonds. The molecule has 0 aliphatic carbocycles. The molecule has 3 aromatic rings. The van der Waals surface area contributed by atoms with Gasteiger partial charge in [-0.3, -0.25) is 14.7 Å². The van der Waals surface area contributed by atoms with E-state index in [9.17, 15) is 4.79 Å². The van der Waals surface area contributed by atoms with Gasteiger partial charge in [0.25, 0.3) is 5.91 Å². The first-order chi connectivity index (χ1) is 15.2. The summed E-state index contributed by atoms with van der Waals surface area (Å²) in [5.74, 6) is 0.893. The largest absolute Gasteiger partial charge is 0.382 e. The van der Waals surface area contributed by atoms with Crippen molar-refractivity contribution >= 4 is 45.1 Å². The summed E-state index contributed by atoms with van der Waals surface area (Å²) in [5.41, 5.74) is 2.37. The highest BCUT2D eigenvalue weighted by molar-refractivity contribution is 8.14. The Balaban J connectivity index is 1.70. The van der Waals surface area contributed by atoms with Crippen LogP contribution in [0.15, 0.2) is 52.8 Å². The minimum Gasteiger partial charge on any atom is -0.382 e. The second-order valence-electron chi connectivity index (χ2n) is 7.31. The Morgan fingerprint density at radius 2 is 2.13 bits per heavy atom. The first kappa shape index (κ1) is 22.0. The summed E-state index contributed by atoms with van der Waals surface area (Å²) in [6.07, 6.45) is 1.76. The molecule has 7 heteroatoms. The fraction of sp³-hybridized carbons (Fsp3) is 0.375. The Morgan fingerprint density at radius 3 is 2.90 bits per heavy atom. The fourth-order valence-corrected chi connectivity index (χ4v) is 5.63. The topological polar surface area (TPSA) is 54.8 Å². The Labute approximate surface area is 191 Å². The molecule has 2 aromatic heterocycles. The molecular weight excluding hydrogens is 426 g/mol. The second-order valence-corrected chi connectivity index (χ2v) is 9.25. The Morgan fingerprint density at radius 1 is 1.26 bits per heavy atom. The van der Waals surface area contributed by atoms with E-state index >= 15 is 0 Å². The molecule has 31 heavy (non-hydrogen) atoms. The number of aliphatic imine (C=N–C) groups is 1. The number of thiophene rings is 1. The minimum atomic E-state index is 0.0109. The normalized spacial score (nSPS) is 17.7. The monoisotopic (exact) mass is 453 g/mol. The number of para-hydroxylation sites is 1. The van der Waals surface area contributed by atoms with Gasteiger partial charge in [0.05, 0.1) is 21.7 Å². The number of carbonyl (C=O) groups excluding carboxylic acids is 1. The lowest BCUT2D eigenvalue weighted by Crippen LogP contribution is -2.39. The van der Waals surface area contributed by atoms with Gasteiger partial charge in [0, 0.05) is 36.9 Å². The number of amides is 1. The first-order valence-electron chi connectivity index (χ1n) is 10.7. The summed E-state index contributed by atoms with van der Waals surface area (Å²) in [4.78, 5) is 26.4. The van der Waals surface area contributed by atoms with E-state index in [-0.39, 0.29) is 11.9 Å². The second kappa shape index (κ2) is 10.4. The van der Waals surface area contributed by atoms with Gasteiger partial charge in [-0.1, -0.05) is 43.0 Å². The number of ether oxygens (including phenoxy) is 1. The lowest BCUT2D eigenvalue weighted by atomic mass is 10.0. The zero-order valence-electron chi connectivity index (χ0n) is 17.9. The number of nitrogens with zero attached hydrogens (tertiary/aromatic N) is 3. The summed E-state index contributed by atoms with van der Waals surface area (Å²) in [6, 6.07) is 14.0. The standard InChI is InChI=1S/C24H27N3O2S2/c1-3-17-16-31-24(25-12-8-13-29-4-2)27(17)23(28)19-15-21(22-11-7-14-30-22)26-20-10-6-5-9-18(19)20/h5-7,9-11,14-15,17H,3-4,8,12-13,16H2,1-2H3/t17-/m1/s1. The van der Waals surface area contributed by atoms with E-state index in [2.05, 4.69) is 6.92 Å². The zero-order valence-corrected chi connectivity index (χ0v) is 19.5. The zero-order chi connectivity index (χ0) is 21.6. The van der Waals surface area contributed by atoms with Crippen LogP contribution in [0.1, 0.15) is 37.0 Å². The molecule has 162 valence electrons. The van der Waals surface area contributed by atoms with Crippen molar-refractivity contribution < 1.29 is 9.53 Å². The molecule has 0 unspecified atom stereocenters. The van der Waals surface area contributed by atoms with Gasteiger partial charge in [0.15, 0.2) is 5.17 Å². The van der Waals surface area contributed by atoms with Crippen LogP contribution in [0.25, 0.3) is 21.5 Å². The van der Waals surface area contributed by atoms with Crippen LogP contribution in [-0.4, -0.2) is 52.5 Å². The van der Waals surface area contributed by atoms with Crippen LogP contribution in [-0.2, 0) is 4.74 Å². The number of carbonyl (C=O) groups is 1. The van der Waals surface area contributed by atoms with Crippen molar-refractivity contribution in [1.82, 2.24) is 9.88 Å². The number of hydrogen-bond donors (Lipinski definition) is 0. The van der Waals surface area contributed by atoms with Crippen molar-refractivity contribution in [2.24, 2.45) is 4.99 Å². The Hall–Kier alpha value is -2.22. The number of benzene rings is 1. The SMILES string of the molecule is CCOCCCN=C1SC[C@@H](CC)N1C(=O)c1cc(-c2cccs2)nc2ccccc12. The first-order valence-corrected chi connectivity index (χ1v) is 12.6. The van der Waals surface area contributed by atoms with Gasteiger partial charge in [0.1, 0.15) is 0 Å². The molecule has 0 radical (unpaired) electrons. The fourth-order valence-electron chi connectivity index (χ4n) is 3.66. The van der Waals surface area contributed by atoms with E-state index in [0.29, 0.717) is 18.7 Å². The molecule has 0 N–H and O–H groups in total. The van der Waals surface area contributed by atoms with Crippen molar-refractivity contribution in [2.45, 2.75) is 32.7 Å². The third-order valence-electron chi connectivity index (χ3n) is 5.28. The minimum absolute atomic E-state index is 0.0109. The van der Waals surface area contributed by atoms with Crippen LogP contribution >= 0.6 is 23.1 Å². The van der Waals surface area contributed by atoms with E-state index < -0.39 is 0 Å². The molecule has 1 aliphatic rings. The maximum absolute atomic E-state index is 13.9. The lowest BCUT2D eigenvalue weighted by Gasteiger charge is -2.24. The highest BCUT2D eigenvalue weighted by Gasteiger charge is 2.35. The maximum Gasteiger partial charge on any atom is 0.260 e. The molecule has 0 spiro atoms. The molecule has 1 aromatic carbocycles. The number of aromatic nitrogens is 1. The summed E-state index contributed by atoms with van der Waals surface area (Å²) < 4.78 is 5.42. The van der Waals surface area contributed by atoms with Crippen molar-refractivity contribution in [3.63, 3.8) is 0 Å². The molecule has 3 heterocycles. The number of hydrogen-bond acceptors (Lipinski definition) is 6. The molecule has 0 bridgehead atoms. The van der Waals surface area contributed by atoms with E-state index in [1.54, 1.807) is 23.1 Å². The van der Waals surface area contributed by atoms with E-state index in [4.69, 9.17) is 14.7 Å². The molecule has 1 atom stereocenters. The van der Waals surface area contributed by atoms with Crippen molar-refractivity contribution in [1.29, 1.82) is 0 Å². The van der Waals surface area contributed by atoms with Crippen molar-refractivity contribution in [3.8, 4) is 10.6 Å². The highest BCUT2D eigenvalue weighted by Crippen LogP contribution is 2.32. The number of pyridine rings is 1. The van der Waals surface area contributed by atoms with Crippen LogP contribution in [0.5, 0.6) is 0 Å². The maximum atomic E-state index is 13.9. The summed E-state index contributed by atoms with van der Waals surface area (Å²) in [5, 5.41) is 3.74. The lowest BCUT2D eigenvalue weighted by molar-refractivity contribution is 0.0820. The molecule has 0 saturated carbocycles. The van der Waals surface area contributed by atoms with Gasteiger partial charge in [0.2, 0.25) is 0 Å². The van der Waals surface area contributed by atoms with Crippen LogP contribution in [0.4, 0.5) is 0 Å². The molecule has 1 fully saturated rings. The Bertz CT molecular complexity index is 1070. The van der Waals surface area contributed by atoms with Gasteiger partial charge < -0.3 is 4.74 Å². The Kier molecular flexibility index (Phi) is 7.37. The smallest absolute Gasteiger partial charge is 0.260 e. The number of fused-ring (bicyclic) bond motifs is 1. The number of thioether (sulfide) groups is 1. The number of rotatable bonds is 8. The van der Waals surface area contributed by atoms with Gasteiger partial charge in [-0.25, -0.2) is 4.98 Å². The third-order valence-corrected chi connectivity index (χ3v) is 7.31. The van der Waals surface area contributed by atoms with Crippen molar-refractivity contribution in [2.75, 3.05) is 25.5 Å². The summed E-state index contributed by atoms with van der Waals surface area (Å²) in [7, 11) is 0. The predicted molar refractivity (Wildman–Crippen MR) is 131 cm³/mol. The van der Waals surface area contributed by atoms with Crippen LogP contribution < -0.4 is 0 Å².